The molecule has 0 amide bonds. The number of carboxylic acid groups (broad SMARTS) is 1. The molecule has 0 fully saturated rings. The van der Waals surface area contributed by atoms with Gasteiger partial charge in [-0.3, -0.25) is 4.79 Å². The van der Waals surface area contributed by atoms with Crippen molar-refractivity contribution < 1.29 is 9.90 Å². The molecule has 1 aromatic heterocycles. The molecule has 17 heavy (non-hydrogen) atoms. The first-order chi connectivity index (χ1) is 8.18. The predicted molar refractivity (Wildman–Crippen MR) is 64.2 cm³/mol. The summed E-state index contributed by atoms with van der Waals surface area (Å²) in [6.07, 6.45) is 3.68. The summed E-state index contributed by atoms with van der Waals surface area (Å²) in [4.78, 5) is 10.8. The zero-order valence-electron chi connectivity index (χ0n) is 9.58. The smallest absolute Gasteiger partial charge is 0.303 e. The van der Waals surface area contributed by atoms with Crippen molar-refractivity contribution in [1.82, 2.24) is 9.78 Å². The molecule has 0 radical (unpaired) electrons. The monoisotopic (exact) mass is 230 g/mol. The molecule has 0 saturated heterocycles. The van der Waals surface area contributed by atoms with Crippen LogP contribution in [0.25, 0.3) is 5.69 Å². The zero-order valence-corrected chi connectivity index (χ0v) is 9.58. The SMILES string of the molecule is CC(CC(=O)O)c1ccccc1-n1cccn1. The number of rotatable bonds is 4. The van der Waals surface area contributed by atoms with E-state index >= 15 is 0 Å². The van der Waals surface area contributed by atoms with Crippen molar-refractivity contribution in [2.45, 2.75) is 19.3 Å². The third-order valence-electron chi connectivity index (χ3n) is 2.70. The van der Waals surface area contributed by atoms with Crippen LogP contribution < -0.4 is 0 Å². The maximum Gasteiger partial charge on any atom is 0.303 e. The second kappa shape index (κ2) is 4.82. The van der Waals surface area contributed by atoms with Gasteiger partial charge in [-0.15, -0.1) is 0 Å². The van der Waals surface area contributed by atoms with Crippen molar-refractivity contribution in [3.8, 4) is 5.69 Å². The van der Waals surface area contributed by atoms with Gasteiger partial charge in [0.1, 0.15) is 0 Å². The van der Waals surface area contributed by atoms with Gasteiger partial charge in [-0.25, -0.2) is 4.68 Å². The molecule has 4 nitrogen and oxygen atoms in total. The Labute approximate surface area is 99.5 Å². The Morgan fingerprint density at radius 3 is 2.82 bits per heavy atom. The number of hydrogen-bond donors (Lipinski definition) is 1. The van der Waals surface area contributed by atoms with Crippen LogP contribution in [0.3, 0.4) is 0 Å². The van der Waals surface area contributed by atoms with Crippen LogP contribution in [0.4, 0.5) is 0 Å². The molecule has 0 saturated carbocycles. The summed E-state index contributed by atoms with van der Waals surface area (Å²) in [6, 6.07) is 9.58. The fourth-order valence-electron chi connectivity index (χ4n) is 1.90. The highest BCUT2D eigenvalue weighted by molar-refractivity contribution is 5.68. The molecule has 2 rings (SSSR count). The number of aromatic nitrogens is 2. The standard InChI is InChI=1S/C13H14N2O2/c1-10(9-13(16)17)11-5-2-3-6-12(11)15-8-4-7-14-15/h2-8,10H,9H2,1H3,(H,16,17). The maximum absolute atomic E-state index is 10.8. The van der Waals surface area contributed by atoms with Crippen LogP contribution in [0.5, 0.6) is 0 Å². The molecule has 0 spiro atoms. The van der Waals surface area contributed by atoms with Gasteiger partial charge in [0.25, 0.3) is 0 Å². The number of nitrogens with zero attached hydrogens (tertiary/aromatic N) is 2. The molecule has 2 aromatic rings. The van der Waals surface area contributed by atoms with E-state index in [2.05, 4.69) is 5.10 Å². The van der Waals surface area contributed by atoms with Gasteiger partial charge in [0.05, 0.1) is 12.1 Å². The van der Waals surface area contributed by atoms with Gasteiger partial charge in [0.15, 0.2) is 0 Å². The quantitative estimate of drug-likeness (QED) is 0.877. The predicted octanol–water partition coefficient (Wildman–Crippen LogP) is 2.45. The molecule has 1 N–H and O–H groups in total. The van der Waals surface area contributed by atoms with Crippen molar-refractivity contribution >= 4 is 5.97 Å². The molecule has 1 heterocycles. The van der Waals surface area contributed by atoms with Crippen molar-refractivity contribution in [1.29, 1.82) is 0 Å². The van der Waals surface area contributed by atoms with Crippen LogP contribution in [0.1, 0.15) is 24.8 Å². The molecule has 0 aliphatic rings. The van der Waals surface area contributed by atoms with Gasteiger partial charge >= 0.3 is 5.97 Å². The Balaban J connectivity index is 2.37. The summed E-state index contributed by atoms with van der Waals surface area (Å²) in [5.41, 5.74) is 1.94. The highest BCUT2D eigenvalue weighted by Crippen LogP contribution is 2.25. The number of carbonyl (C=O) groups is 1. The van der Waals surface area contributed by atoms with Gasteiger partial charge in [-0.1, -0.05) is 25.1 Å². The normalized spacial score (nSPS) is 12.3. The first-order valence-electron chi connectivity index (χ1n) is 5.49. The van der Waals surface area contributed by atoms with E-state index in [0.29, 0.717) is 0 Å². The number of carboxylic acids is 1. The van der Waals surface area contributed by atoms with Crippen LogP contribution in [0.15, 0.2) is 42.7 Å². The van der Waals surface area contributed by atoms with Gasteiger partial charge in [-0.2, -0.15) is 5.10 Å². The summed E-state index contributed by atoms with van der Waals surface area (Å²) in [6.45, 7) is 1.91. The van der Waals surface area contributed by atoms with E-state index in [1.807, 2.05) is 43.5 Å². The molecular formula is C13H14N2O2. The summed E-state index contributed by atoms with van der Waals surface area (Å²) < 4.78 is 1.76. The Kier molecular flexibility index (Phi) is 3.23. The highest BCUT2D eigenvalue weighted by Gasteiger charge is 2.14. The first-order valence-corrected chi connectivity index (χ1v) is 5.49. The minimum atomic E-state index is -0.784. The second-order valence-corrected chi connectivity index (χ2v) is 4.01. The first kappa shape index (κ1) is 11.4. The van der Waals surface area contributed by atoms with Crippen molar-refractivity contribution in [3.63, 3.8) is 0 Å². The van der Waals surface area contributed by atoms with E-state index in [-0.39, 0.29) is 12.3 Å². The van der Waals surface area contributed by atoms with Gasteiger partial charge < -0.3 is 5.11 Å². The third-order valence-corrected chi connectivity index (χ3v) is 2.70. The lowest BCUT2D eigenvalue weighted by Crippen LogP contribution is -2.07. The molecule has 1 unspecified atom stereocenters. The van der Waals surface area contributed by atoms with Crippen molar-refractivity contribution in [2.75, 3.05) is 0 Å². The van der Waals surface area contributed by atoms with E-state index in [0.717, 1.165) is 11.3 Å². The average molecular weight is 230 g/mol. The van der Waals surface area contributed by atoms with E-state index < -0.39 is 5.97 Å². The largest absolute Gasteiger partial charge is 0.481 e. The van der Waals surface area contributed by atoms with Crippen LogP contribution >= 0.6 is 0 Å². The molecule has 1 aromatic carbocycles. The summed E-state index contributed by atoms with van der Waals surface area (Å²) in [7, 11) is 0. The van der Waals surface area contributed by atoms with Gasteiger partial charge in [0.2, 0.25) is 0 Å². The zero-order chi connectivity index (χ0) is 12.3. The number of aliphatic carboxylic acids is 1. The minimum Gasteiger partial charge on any atom is -0.481 e. The summed E-state index contributed by atoms with van der Waals surface area (Å²) in [5.74, 6) is -0.819. The molecule has 4 heteroatoms. The molecule has 0 aliphatic carbocycles. The Morgan fingerprint density at radius 2 is 2.18 bits per heavy atom. The number of benzene rings is 1. The van der Waals surface area contributed by atoms with E-state index in [4.69, 9.17) is 5.11 Å². The van der Waals surface area contributed by atoms with Crippen LogP contribution in [0, 0.1) is 0 Å². The van der Waals surface area contributed by atoms with Crippen molar-refractivity contribution in [3.05, 3.63) is 48.3 Å². The maximum atomic E-state index is 10.8. The molecule has 0 bridgehead atoms. The topological polar surface area (TPSA) is 55.1 Å². The van der Waals surface area contributed by atoms with E-state index in [1.165, 1.54) is 0 Å². The fraction of sp³-hybridized carbons (Fsp3) is 0.231. The fourth-order valence-corrected chi connectivity index (χ4v) is 1.90. The highest BCUT2D eigenvalue weighted by atomic mass is 16.4. The van der Waals surface area contributed by atoms with E-state index in [9.17, 15) is 4.79 Å². The van der Waals surface area contributed by atoms with Gasteiger partial charge in [-0.05, 0) is 23.6 Å². The molecular weight excluding hydrogens is 216 g/mol. The Bertz CT molecular complexity index is 506. The average Bonchev–Trinajstić information content (AvgIpc) is 2.81. The van der Waals surface area contributed by atoms with E-state index in [1.54, 1.807) is 10.9 Å². The molecule has 88 valence electrons. The Morgan fingerprint density at radius 1 is 1.41 bits per heavy atom. The van der Waals surface area contributed by atoms with Crippen LogP contribution in [0.2, 0.25) is 0 Å². The lowest BCUT2D eigenvalue weighted by molar-refractivity contribution is -0.137. The lowest BCUT2D eigenvalue weighted by Gasteiger charge is -2.14. The molecule has 0 aliphatic heterocycles. The van der Waals surface area contributed by atoms with Crippen LogP contribution in [-0.2, 0) is 4.79 Å². The number of hydrogen-bond acceptors (Lipinski definition) is 2. The second-order valence-electron chi connectivity index (χ2n) is 4.01. The molecule has 1 atom stereocenters. The van der Waals surface area contributed by atoms with Crippen LogP contribution in [-0.4, -0.2) is 20.9 Å². The minimum absolute atomic E-state index is 0.0344. The lowest BCUT2D eigenvalue weighted by atomic mass is 9.96. The number of para-hydroxylation sites is 1. The summed E-state index contributed by atoms with van der Waals surface area (Å²) in [5, 5.41) is 13.0. The van der Waals surface area contributed by atoms with Crippen molar-refractivity contribution in [2.24, 2.45) is 0 Å². The van der Waals surface area contributed by atoms with Gasteiger partial charge in [0, 0.05) is 12.4 Å². The Hall–Kier alpha value is -2.10. The third kappa shape index (κ3) is 2.53. The summed E-state index contributed by atoms with van der Waals surface area (Å²) >= 11 is 0.